The van der Waals surface area contributed by atoms with Crippen LogP contribution in [0, 0.1) is 11.8 Å². The van der Waals surface area contributed by atoms with E-state index in [2.05, 4.69) is 5.32 Å². The molecule has 7 heteroatoms. The lowest BCUT2D eigenvalue weighted by molar-refractivity contribution is -0.142. The van der Waals surface area contributed by atoms with E-state index in [4.69, 9.17) is 10.2 Å². The Balaban J connectivity index is 1.72. The Bertz CT molecular complexity index is 418. The van der Waals surface area contributed by atoms with Crippen molar-refractivity contribution in [1.82, 2.24) is 10.2 Å². The minimum absolute atomic E-state index is 0.0452. The van der Waals surface area contributed by atoms with Crippen LogP contribution in [0.25, 0.3) is 0 Å². The number of nitrogens with zero attached hydrogens (tertiary/aromatic N) is 1. The Hall–Kier alpha value is -1.63. The molecule has 118 valence electrons. The van der Waals surface area contributed by atoms with Crippen molar-refractivity contribution in [3.63, 3.8) is 0 Å². The van der Waals surface area contributed by atoms with Crippen LogP contribution in [-0.2, 0) is 14.4 Å². The highest BCUT2D eigenvalue weighted by Crippen LogP contribution is 2.31. The maximum atomic E-state index is 12.1. The fourth-order valence-corrected chi connectivity index (χ4v) is 3.19. The molecule has 7 nitrogen and oxygen atoms in total. The third kappa shape index (κ3) is 4.42. The van der Waals surface area contributed by atoms with Gasteiger partial charge in [0, 0.05) is 25.0 Å². The average Bonchev–Trinajstić information content (AvgIpc) is 2.90. The quantitative estimate of drug-likeness (QED) is 0.667. The normalized spacial score (nSPS) is 27.4. The largest absolute Gasteiger partial charge is 0.481 e. The number of amides is 1. The molecular weight excluding hydrogens is 276 g/mol. The highest BCUT2D eigenvalue weighted by molar-refractivity contribution is 5.81. The molecule has 1 saturated heterocycles. The number of carboxylic acids is 2. The van der Waals surface area contributed by atoms with Gasteiger partial charge in [0.15, 0.2) is 0 Å². The topological polar surface area (TPSA) is 107 Å². The summed E-state index contributed by atoms with van der Waals surface area (Å²) in [5.74, 6) is -2.27. The van der Waals surface area contributed by atoms with E-state index in [1.165, 1.54) is 0 Å². The standard InChI is InChI=1S/C14H22N2O5/c17-12(18)8-16-5-3-11(4-6-16)15-13(19)9-1-2-10(7-9)14(20)21/h9-11H,1-8H2,(H,15,19)(H,17,18)(H,20,21)/t9-,10+/m0/s1. The number of carbonyl (C=O) groups excluding carboxylic acids is 1. The molecule has 0 spiro atoms. The van der Waals surface area contributed by atoms with Crippen molar-refractivity contribution < 1.29 is 24.6 Å². The Morgan fingerprint density at radius 3 is 2.14 bits per heavy atom. The number of likely N-dealkylation sites (tertiary alicyclic amines) is 1. The molecule has 1 saturated carbocycles. The van der Waals surface area contributed by atoms with Crippen LogP contribution < -0.4 is 5.32 Å². The number of rotatable bonds is 5. The second-order valence-corrected chi connectivity index (χ2v) is 6.00. The maximum absolute atomic E-state index is 12.1. The monoisotopic (exact) mass is 298 g/mol. The van der Waals surface area contributed by atoms with Crippen molar-refractivity contribution >= 4 is 17.8 Å². The van der Waals surface area contributed by atoms with E-state index in [1.807, 2.05) is 4.90 Å². The number of carboxylic acid groups (broad SMARTS) is 2. The van der Waals surface area contributed by atoms with Crippen LogP contribution in [0.4, 0.5) is 0 Å². The number of hydrogen-bond acceptors (Lipinski definition) is 4. The van der Waals surface area contributed by atoms with Gasteiger partial charge in [-0.2, -0.15) is 0 Å². The van der Waals surface area contributed by atoms with Crippen molar-refractivity contribution in [1.29, 1.82) is 0 Å². The summed E-state index contributed by atoms with van der Waals surface area (Å²) in [4.78, 5) is 35.5. The Morgan fingerprint density at radius 2 is 1.62 bits per heavy atom. The smallest absolute Gasteiger partial charge is 0.317 e. The van der Waals surface area contributed by atoms with E-state index in [1.54, 1.807) is 0 Å². The minimum atomic E-state index is -0.830. The molecule has 1 aliphatic heterocycles. The highest BCUT2D eigenvalue weighted by atomic mass is 16.4. The lowest BCUT2D eigenvalue weighted by atomic mass is 10.0. The van der Waals surface area contributed by atoms with E-state index in [0.717, 1.165) is 12.8 Å². The number of hydrogen-bond donors (Lipinski definition) is 3. The van der Waals surface area contributed by atoms with Crippen LogP contribution in [-0.4, -0.2) is 58.6 Å². The molecule has 1 aliphatic carbocycles. The second kappa shape index (κ2) is 6.89. The summed E-state index contributed by atoms with van der Waals surface area (Å²) < 4.78 is 0. The molecule has 2 atom stereocenters. The van der Waals surface area contributed by atoms with Gasteiger partial charge >= 0.3 is 11.9 Å². The fraction of sp³-hybridized carbons (Fsp3) is 0.786. The first-order chi connectivity index (χ1) is 9.95. The van der Waals surface area contributed by atoms with Gasteiger partial charge in [-0.3, -0.25) is 19.3 Å². The molecule has 2 rings (SSSR count). The molecule has 0 aromatic carbocycles. The summed E-state index contributed by atoms with van der Waals surface area (Å²) in [5.41, 5.74) is 0. The van der Waals surface area contributed by atoms with Crippen LogP contribution in [0.2, 0.25) is 0 Å². The van der Waals surface area contributed by atoms with Gasteiger partial charge in [-0.15, -0.1) is 0 Å². The van der Waals surface area contributed by atoms with Gasteiger partial charge in [-0.25, -0.2) is 0 Å². The first-order valence-corrected chi connectivity index (χ1v) is 7.43. The molecule has 21 heavy (non-hydrogen) atoms. The van der Waals surface area contributed by atoms with Gasteiger partial charge in [0.2, 0.25) is 5.91 Å². The zero-order chi connectivity index (χ0) is 15.4. The third-order valence-corrected chi connectivity index (χ3v) is 4.45. The third-order valence-electron chi connectivity index (χ3n) is 4.45. The maximum Gasteiger partial charge on any atom is 0.317 e. The molecule has 2 aliphatic rings. The van der Waals surface area contributed by atoms with E-state index >= 15 is 0 Å². The molecule has 3 N–H and O–H groups in total. The first kappa shape index (κ1) is 15.8. The average molecular weight is 298 g/mol. The molecule has 0 unspecified atom stereocenters. The Kier molecular flexibility index (Phi) is 5.17. The summed E-state index contributed by atoms with van der Waals surface area (Å²) in [6, 6.07) is 0.0754. The highest BCUT2D eigenvalue weighted by Gasteiger charge is 2.34. The van der Waals surface area contributed by atoms with Crippen LogP contribution in [0.1, 0.15) is 32.1 Å². The predicted octanol–water partition coefficient (Wildman–Crippen LogP) is 0.153. The van der Waals surface area contributed by atoms with Crippen molar-refractivity contribution in [2.45, 2.75) is 38.1 Å². The van der Waals surface area contributed by atoms with E-state index in [-0.39, 0.29) is 24.4 Å². The number of carbonyl (C=O) groups is 3. The van der Waals surface area contributed by atoms with Gasteiger partial charge < -0.3 is 15.5 Å². The van der Waals surface area contributed by atoms with Gasteiger partial charge in [0.25, 0.3) is 0 Å². The van der Waals surface area contributed by atoms with Gasteiger partial charge in [0.1, 0.15) is 0 Å². The van der Waals surface area contributed by atoms with Crippen molar-refractivity contribution in [3.8, 4) is 0 Å². The Labute approximate surface area is 123 Å². The zero-order valence-electron chi connectivity index (χ0n) is 12.0. The lowest BCUT2D eigenvalue weighted by Gasteiger charge is -2.31. The van der Waals surface area contributed by atoms with E-state index in [0.29, 0.717) is 32.4 Å². The molecule has 0 aromatic heterocycles. The van der Waals surface area contributed by atoms with Crippen LogP contribution in [0.3, 0.4) is 0 Å². The van der Waals surface area contributed by atoms with Crippen molar-refractivity contribution in [2.24, 2.45) is 11.8 Å². The molecular formula is C14H22N2O5. The fourth-order valence-electron chi connectivity index (χ4n) is 3.19. The summed E-state index contributed by atoms with van der Waals surface area (Å²) in [6.45, 7) is 1.38. The van der Waals surface area contributed by atoms with Gasteiger partial charge in [-0.1, -0.05) is 0 Å². The molecule has 0 bridgehead atoms. The lowest BCUT2D eigenvalue weighted by Crippen LogP contribution is -2.47. The summed E-state index contributed by atoms with van der Waals surface area (Å²) >= 11 is 0. The first-order valence-electron chi connectivity index (χ1n) is 7.43. The predicted molar refractivity (Wildman–Crippen MR) is 73.7 cm³/mol. The Morgan fingerprint density at radius 1 is 1.00 bits per heavy atom. The molecule has 0 aromatic rings. The van der Waals surface area contributed by atoms with Crippen molar-refractivity contribution in [2.75, 3.05) is 19.6 Å². The number of aliphatic carboxylic acids is 2. The second-order valence-electron chi connectivity index (χ2n) is 6.00. The van der Waals surface area contributed by atoms with Crippen LogP contribution >= 0.6 is 0 Å². The SMILES string of the molecule is O=C(O)CN1CCC(NC(=O)[C@H]2CC[C@@H](C(=O)O)C2)CC1. The van der Waals surface area contributed by atoms with Crippen LogP contribution in [0.15, 0.2) is 0 Å². The number of nitrogens with one attached hydrogen (secondary N) is 1. The van der Waals surface area contributed by atoms with Crippen LogP contribution in [0.5, 0.6) is 0 Å². The number of piperidine rings is 1. The summed E-state index contributed by atoms with van der Waals surface area (Å²) in [5, 5.41) is 20.7. The molecule has 0 radical (unpaired) electrons. The molecule has 1 amide bonds. The molecule has 1 heterocycles. The summed E-state index contributed by atoms with van der Waals surface area (Å²) in [6.07, 6.45) is 3.13. The van der Waals surface area contributed by atoms with Gasteiger partial charge in [-0.05, 0) is 32.1 Å². The van der Waals surface area contributed by atoms with E-state index in [9.17, 15) is 14.4 Å². The minimum Gasteiger partial charge on any atom is -0.481 e. The van der Waals surface area contributed by atoms with E-state index < -0.39 is 17.9 Å². The van der Waals surface area contributed by atoms with Crippen molar-refractivity contribution in [3.05, 3.63) is 0 Å². The van der Waals surface area contributed by atoms with Gasteiger partial charge in [0.05, 0.1) is 12.5 Å². The zero-order valence-corrected chi connectivity index (χ0v) is 12.0. The summed E-state index contributed by atoms with van der Waals surface area (Å²) in [7, 11) is 0. The molecule has 2 fully saturated rings.